The van der Waals surface area contributed by atoms with Crippen molar-refractivity contribution in [3.63, 3.8) is 0 Å². The van der Waals surface area contributed by atoms with Gasteiger partial charge in [-0.25, -0.2) is 0 Å². The molecule has 0 saturated heterocycles. The quantitative estimate of drug-likeness (QED) is 0.482. The lowest BCUT2D eigenvalue weighted by atomic mass is 10.0. The summed E-state index contributed by atoms with van der Waals surface area (Å²) in [6, 6.07) is 18.8. The molecule has 0 radical (unpaired) electrons. The first kappa shape index (κ1) is 23.1. The van der Waals surface area contributed by atoms with E-state index in [2.05, 4.69) is 24.5 Å². The molecular formula is C27H30N2O3. The molecule has 5 heteroatoms. The van der Waals surface area contributed by atoms with Crippen LogP contribution >= 0.6 is 0 Å². The summed E-state index contributed by atoms with van der Waals surface area (Å²) in [4.78, 5) is 25.0. The summed E-state index contributed by atoms with van der Waals surface area (Å²) in [5.41, 5.74) is 6.58. The zero-order chi connectivity index (χ0) is 23.1. The van der Waals surface area contributed by atoms with E-state index in [-0.39, 0.29) is 18.4 Å². The van der Waals surface area contributed by atoms with E-state index in [1.54, 1.807) is 24.3 Å². The standard InChI is InChI=1S/C27H30N2O3/c1-5-20-8-7-9-21(6-2)26(20)29-27(31)22-11-13-23(14-12-22)32-17-25(30)28-24-15-10-18(3)16-19(24)4/h7-16H,5-6,17H2,1-4H3,(H,28,30)(H,29,31). The lowest BCUT2D eigenvalue weighted by Crippen LogP contribution is -2.20. The molecule has 0 heterocycles. The van der Waals surface area contributed by atoms with Gasteiger partial charge in [0.05, 0.1) is 0 Å². The van der Waals surface area contributed by atoms with Gasteiger partial charge in [-0.05, 0) is 73.7 Å². The van der Waals surface area contributed by atoms with E-state index in [0.29, 0.717) is 11.3 Å². The van der Waals surface area contributed by atoms with E-state index in [1.165, 1.54) is 0 Å². The molecule has 2 amide bonds. The van der Waals surface area contributed by atoms with Gasteiger partial charge in [-0.3, -0.25) is 9.59 Å². The first-order valence-electron chi connectivity index (χ1n) is 10.9. The third-order valence-corrected chi connectivity index (χ3v) is 5.38. The van der Waals surface area contributed by atoms with Gasteiger partial charge in [-0.1, -0.05) is 49.7 Å². The smallest absolute Gasteiger partial charge is 0.262 e. The molecule has 32 heavy (non-hydrogen) atoms. The lowest BCUT2D eigenvalue weighted by Gasteiger charge is -2.14. The summed E-state index contributed by atoms with van der Waals surface area (Å²) in [6.07, 6.45) is 1.70. The van der Waals surface area contributed by atoms with E-state index >= 15 is 0 Å². The molecular weight excluding hydrogens is 400 g/mol. The second-order valence-corrected chi connectivity index (χ2v) is 7.79. The average Bonchev–Trinajstić information content (AvgIpc) is 2.80. The number of amides is 2. The van der Waals surface area contributed by atoms with E-state index < -0.39 is 0 Å². The highest BCUT2D eigenvalue weighted by molar-refractivity contribution is 6.05. The molecule has 3 rings (SSSR count). The van der Waals surface area contributed by atoms with Crippen molar-refractivity contribution in [1.82, 2.24) is 0 Å². The molecule has 0 saturated carbocycles. The molecule has 0 spiro atoms. The highest BCUT2D eigenvalue weighted by atomic mass is 16.5. The van der Waals surface area contributed by atoms with E-state index in [0.717, 1.165) is 46.5 Å². The largest absolute Gasteiger partial charge is 0.484 e. The molecule has 2 N–H and O–H groups in total. The van der Waals surface area contributed by atoms with Crippen LogP contribution in [0.4, 0.5) is 11.4 Å². The predicted molar refractivity (Wildman–Crippen MR) is 130 cm³/mol. The molecule has 0 aliphatic carbocycles. The van der Waals surface area contributed by atoms with Crippen LogP contribution < -0.4 is 15.4 Å². The van der Waals surface area contributed by atoms with Gasteiger partial charge >= 0.3 is 0 Å². The number of anilines is 2. The molecule has 3 aromatic rings. The maximum atomic E-state index is 12.8. The Balaban J connectivity index is 1.59. The molecule has 0 aliphatic rings. The van der Waals surface area contributed by atoms with Gasteiger partial charge in [0.2, 0.25) is 0 Å². The van der Waals surface area contributed by atoms with E-state index in [4.69, 9.17) is 4.74 Å². The maximum Gasteiger partial charge on any atom is 0.262 e. The summed E-state index contributed by atoms with van der Waals surface area (Å²) >= 11 is 0. The fourth-order valence-electron chi connectivity index (χ4n) is 3.58. The maximum absolute atomic E-state index is 12.8. The van der Waals surface area contributed by atoms with E-state index in [9.17, 15) is 9.59 Å². The minimum Gasteiger partial charge on any atom is -0.484 e. The highest BCUT2D eigenvalue weighted by Gasteiger charge is 2.12. The van der Waals surface area contributed by atoms with Crippen molar-refractivity contribution in [3.05, 3.63) is 88.5 Å². The monoisotopic (exact) mass is 430 g/mol. The average molecular weight is 431 g/mol. The number of para-hydroxylation sites is 1. The van der Waals surface area contributed by atoms with Crippen LogP contribution in [0, 0.1) is 13.8 Å². The summed E-state index contributed by atoms with van der Waals surface area (Å²) in [7, 11) is 0. The Bertz CT molecular complexity index is 1080. The Hall–Kier alpha value is -3.60. The Morgan fingerprint density at radius 3 is 2.09 bits per heavy atom. The summed E-state index contributed by atoms with van der Waals surface area (Å²) in [5.74, 6) is 0.127. The fourth-order valence-corrected chi connectivity index (χ4v) is 3.58. The molecule has 5 nitrogen and oxygen atoms in total. The number of hydrogen-bond donors (Lipinski definition) is 2. The number of nitrogens with one attached hydrogen (secondary N) is 2. The van der Waals surface area contributed by atoms with Gasteiger partial charge in [0.25, 0.3) is 11.8 Å². The Morgan fingerprint density at radius 2 is 1.50 bits per heavy atom. The highest BCUT2D eigenvalue weighted by Crippen LogP contribution is 2.24. The van der Waals surface area contributed by atoms with Crippen LogP contribution in [0.15, 0.2) is 60.7 Å². The summed E-state index contributed by atoms with van der Waals surface area (Å²) < 4.78 is 5.59. The molecule has 0 aliphatic heterocycles. The lowest BCUT2D eigenvalue weighted by molar-refractivity contribution is -0.118. The van der Waals surface area contributed by atoms with Crippen LogP contribution in [0.2, 0.25) is 0 Å². The molecule has 166 valence electrons. The van der Waals surface area contributed by atoms with Gasteiger partial charge in [0.15, 0.2) is 6.61 Å². The Labute approximate surface area is 189 Å². The van der Waals surface area contributed by atoms with Crippen molar-refractivity contribution in [2.45, 2.75) is 40.5 Å². The number of rotatable bonds is 8. The third kappa shape index (κ3) is 5.76. The first-order chi connectivity index (χ1) is 15.4. The van der Waals surface area contributed by atoms with E-state index in [1.807, 2.05) is 50.2 Å². The topological polar surface area (TPSA) is 67.4 Å². The number of hydrogen-bond acceptors (Lipinski definition) is 3. The van der Waals surface area contributed by atoms with Gasteiger partial charge in [-0.2, -0.15) is 0 Å². The molecule has 0 fully saturated rings. The number of carbonyl (C=O) groups is 2. The van der Waals surface area contributed by atoms with Crippen molar-refractivity contribution >= 4 is 23.2 Å². The van der Waals surface area contributed by atoms with Crippen LogP contribution in [0.1, 0.15) is 46.5 Å². The van der Waals surface area contributed by atoms with Gasteiger partial charge in [0, 0.05) is 16.9 Å². The van der Waals surface area contributed by atoms with Crippen molar-refractivity contribution in [3.8, 4) is 5.75 Å². The van der Waals surface area contributed by atoms with Crippen molar-refractivity contribution in [1.29, 1.82) is 0 Å². The molecule has 0 bridgehead atoms. The van der Waals surface area contributed by atoms with Crippen LogP contribution in [-0.2, 0) is 17.6 Å². The normalized spacial score (nSPS) is 10.5. The van der Waals surface area contributed by atoms with Gasteiger partial charge in [-0.15, -0.1) is 0 Å². The zero-order valence-corrected chi connectivity index (χ0v) is 19.1. The second-order valence-electron chi connectivity index (χ2n) is 7.79. The fraction of sp³-hybridized carbons (Fsp3) is 0.259. The van der Waals surface area contributed by atoms with Crippen LogP contribution in [-0.4, -0.2) is 18.4 Å². The van der Waals surface area contributed by atoms with Crippen LogP contribution in [0.5, 0.6) is 5.75 Å². The zero-order valence-electron chi connectivity index (χ0n) is 19.1. The minimum atomic E-state index is -0.234. The van der Waals surface area contributed by atoms with Crippen molar-refractivity contribution < 1.29 is 14.3 Å². The summed E-state index contributed by atoms with van der Waals surface area (Å²) in [6.45, 7) is 8.01. The number of carbonyl (C=O) groups excluding carboxylic acids is 2. The predicted octanol–water partition coefficient (Wildman–Crippen LogP) is 5.70. The van der Waals surface area contributed by atoms with Crippen molar-refractivity contribution in [2.24, 2.45) is 0 Å². The van der Waals surface area contributed by atoms with Crippen LogP contribution in [0.25, 0.3) is 0 Å². The SMILES string of the molecule is CCc1cccc(CC)c1NC(=O)c1ccc(OCC(=O)Nc2ccc(C)cc2C)cc1. The van der Waals surface area contributed by atoms with Crippen molar-refractivity contribution in [2.75, 3.05) is 17.2 Å². The van der Waals surface area contributed by atoms with Gasteiger partial charge < -0.3 is 15.4 Å². The molecule has 0 unspecified atom stereocenters. The number of benzene rings is 3. The van der Waals surface area contributed by atoms with Gasteiger partial charge in [0.1, 0.15) is 5.75 Å². The first-order valence-corrected chi connectivity index (χ1v) is 10.9. The number of aryl methyl sites for hydroxylation is 4. The Morgan fingerprint density at radius 1 is 0.844 bits per heavy atom. The van der Waals surface area contributed by atoms with Crippen LogP contribution in [0.3, 0.4) is 0 Å². The molecule has 3 aromatic carbocycles. The molecule has 0 aromatic heterocycles. The summed E-state index contributed by atoms with van der Waals surface area (Å²) in [5, 5.41) is 5.92. The third-order valence-electron chi connectivity index (χ3n) is 5.38. The number of ether oxygens (including phenoxy) is 1. The minimum absolute atomic E-state index is 0.109. The Kier molecular flexibility index (Phi) is 7.66. The second kappa shape index (κ2) is 10.6. The molecule has 0 atom stereocenters.